The van der Waals surface area contributed by atoms with Gasteiger partial charge in [-0.25, -0.2) is 0 Å². The summed E-state index contributed by atoms with van der Waals surface area (Å²) in [5.74, 6) is 0. The first-order chi connectivity index (χ1) is 11.5. The number of hydrogen-bond donors (Lipinski definition) is 2. The van der Waals surface area contributed by atoms with Crippen LogP contribution in [0.4, 0.5) is 17.1 Å². The number of benzene rings is 2. The van der Waals surface area contributed by atoms with E-state index in [1.54, 1.807) is 42.5 Å². The summed E-state index contributed by atoms with van der Waals surface area (Å²) in [6.07, 6.45) is 0. The van der Waals surface area contributed by atoms with Gasteiger partial charge in [-0.3, -0.25) is 0 Å². The largest absolute Gasteiger partial charge is 0.397 e. The summed E-state index contributed by atoms with van der Waals surface area (Å²) in [4.78, 5) is 2.20. The van der Waals surface area contributed by atoms with Crippen LogP contribution in [0.5, 0.6) is 0 Å². The lowest BCUT2D eigenvalue weighted by molar-refractivity contribution is 0.589. The van der Waals surface area contributed by atoms with Crippen LogP contribution in [0.25, 0.3) is 0 Å². The van der Waals surface area contributed by atoms with Gasteiger partial charge in [0.05, 0.1) is 22.0 Å². The average Bonchev–Trinajstić information content (AvgIpc) is 2.62. The number of rotatable bonds is 4. The molecule has 0 atom stereocenters. The van der Waals surface area contributed by atoms with E-state index in [9.17, 15) is 8.42 Å². The van der Waals surface area contributed by atoms with E-state index in [0.29, 0.717) is 11.4 Å². The second-order valence-corrected chi connectivity index (χ2v) is 7.84. The van der Waals surface area contributed by atoms with E-state index in [1.165, 1.54) is 6.07 Å². The molecular formula is C16H19ClN4O2S. The van der Waals surface area contributed by atoms with Gasteiger partial charge >= 0.3 is 0 Å². The molecule has 1 fully saturated rings. The summed E-state index contributed by atoms with van der Waals surface area (Å²) >= 11 is 6.06. The summed E-state index contributed by atoms with van der Waals surface area (Å²) in [6.45, 7) is 3.43. The monoisotopic (exact) mass is 366 g/mol. The van der Waals surface area contributed by atoms with Gasteiger partial charge in [0, 0.05) is 38.0 Å². The number of nitrogens with one attached hydrogen (secondary N) is 1. The molecule has 0 aromatic heterocycles. The number of nitrogens with zero attached hydrogens (tertiary/aromatic N) is 2. The van der Waals surface area contributed by atoms with E-state index in [1.807, 2.05) is 0 Å². The Morgan fingerprint density at radius 3 is 2.38 bits per heavy atom. The van der Waals surface area contributed by atoms with Crippen molar-refractivity contribution in [1.29, 1.82) is 0 Å². The Morgan fingerprint density at radius 1 is 1.08 bits per heavy atom. The number of piperazine rings is 1. The highest BCUT2D eigenvalue weighted by molar-refractivity contribution is 7.94. The molecule has 2 aromatic rings. The highest BCUT2D eigenvalue weighted by Gasteiger charge is 2.25. The zero-order chi connectivity index (χ0) is 17.2. The number of para-hydroxylation sites is 1. The third kappa shape index (κ3) is 3.28. The van der Waals surface area contributed by atoms with E-state index in [2.05, 4.69) is 10.2 Å². The molecule has 1 aliphatic heterocycles. The van der Waals surface area contributed by atoms with Crippen molar-refractivity contribution in [1.82, 2.24) is 5.32 Å². The van der Waals surface area contributed by atoms with Crippen molar-refractivity contribution in [2.45, 2.75) is 4.90 Å². The normalized spacial score (nSPS) is 15.3. The topological polar surface area (TPSA) is 78.7 Å². The summed E-state index contributed by atoms with van der Waals surface area (Å²) < 4.78 is 26.1. The van der Waals surface area contributed by atoms with Crippen molar-refractivity contribution >= 4 is 38.9 Å². The quantitative estimate of drug-likeness (QED) is 0.639. The van der Waals surface area contributed by atoms with Gasteiger partial charge < -0.3 is 16.0 Å². The minimum atomic E-state index is -3.87. The van der Waals surface area contributed by atoms with Gasteiger partial charge in [-0.15, -0.1) is 0 Å². The van der Waals surface area contributed by atoms with Gasteiger partial charge in [-0.1, -0.05) is 18.2 Å². The lowest BCUT2D eigenvalue weighted by Crippen LogP contribution is -2.43. The molecule has 8 heteroatoms. The van der Waals surface area contributed by atoms with Gasteiger partial charge in [-0.05, 0) is 30.3 Å². The number of nitrogen functional groups attached to an aromatic ring is 1. The Morgan fingerprint density at radius 2 is 1.75 bits per heavy atom. The maximum absolute atomic E-state index is 12.7. The first kappa shape index (κ1) is 16.9. The number of hydrogen-bond acceptors (Lipinski definition) is 5. The lowest BCUT2D eigenvalue weighted by Gasteiger charge is -2.30. The minimum Gasteiger partial charge on any atom is -0.397 e. The first-order valence-corrected chi connectivity index (χ1v) is 9.39. The highest BCUT2D eigenvalue weighted by atomic mass is 35.5. The van der Waals surface area contributed by atoms with E-state index in [4.69, 9.17) is 17.5 Å². The fourth-order valence-corrected chi connectivity index (χ4v) is 4.12. The molecule has 2 aromatic carbocycles. The lowest BCUT2D eigenvalue weighted by atomic mass is 10.2. The van der Waals surface area contributed by atoms with Crippen molar-refractivity contribution in [2.75, 3.05) is 40.6 Å². The summed E-state index contributed by atoms with van der Waals surface area (Å²) in [5.41, 5.74) is 7.75. The number of anilines is 3. The second-order valence-electron chi connectivity index (χ2n) is 5.51. The van der Waals surface area contributed by atoms with Crippen LogP contribution in [-0.2, 0) is 10.0 Å². The molecule has 3 N–H and O–H groups in total. The SMILES string of the molecule is Nc1cc(S(=O)(=O)N(Cl)c2ccccc2)ccc1N1CCNCC1. The number of halogens is 1. The van der Waals surface area contributed by atoms with Gasteiger partial charge in [0.25, 0.3) is 10.0 Å². The van der Waals surface area contributed by atoms with Crippen LogP contribution in [-0.4, -0.2) is 34.6 Å². The fourth-order valence-electron chi connectivity index (χ4n) is 2.66. The zero-order valence-corrected chi connectivity index (χ0v) is 14.6. The molecule has 1 saturated heterocycles. The van der Waals surface area contributed by atoms with Gasteiger partial charge in [0.2, 0.25) is 0 Å². The predicted molar refractivity (Wildman–Crippen MR) is 97.9 cm³/mol. The Labute approximate surface area is 147 Å². The van der Waals surface area contributed by atoms with Crippen molar-refractivity contribution in [3.8, 4) is 0 Å². The first-order valence-electron chi connectivity index (χ1n) is 7.61. The molecule has 0 bridgehead atoms. The van der Waals surface area contributed by atoms with E-state index < -0.39 is 10.0 Å². The molecular weight excluding hydrogens is 348 g/mol. The van der Waals surface area contributed by atoms with Crippen molar-refractivity contribution < 1.29 is 8.42 Å². The van der Waals surface area contributed by atoms with Crippen LogP contribution in [0.2, 0.25) is 0 Å². The maximum Gasteiger partial charge on any atom is 0.278 e. The van der Waals surface area contributed by atoms with Gasteiger partial charge in [-0.2, -0.15) is 12.2 Å². The molecule has 1 aliphatic rings. The molecule has 128 valence electrons. The summed E-state index contributed by atoms with van der Waals surface area (Å²) in [7, 11) is -3.87. The Hall–Kier alpha value is -1.96. The second kappa shape index (κ2) is 6.88. The van der Waals surface area contributed by atoms with Crippen LogP contribution in [0.1, 0.15) is 0 Å². The van der Waals surface area contributed by atoms with E-state index >= 15 is 0 Å². The van der Waals surface area contributed by atoms with Gasteiger partial charge in [0.1, 0.15) is 0 Å². The molecule has 3 rings (SSSR count). The van der Waals surface area contributed by atoms with Crippen LogP contribution < -0.4 is 19.8 Å². The molecule has 0 unspecified atom stereocenters. The number of sulfonamides is 1. The molecule has 0 amide bonds. The molecule has 1 heterocycles. The molecule has 24 heavy (non-hydrogen) atoms. The summed E-state index contributed by atoms with van der Waals surface area (Å²) in [5, 5.41) is 3.27. The average molecular weight is 367 g/mol. The van der Waals surface area contributed by atoms with E-state index in [0.717, 1.165) is 35.7 Å². The maximum atomic E-state index is 12.7. The predicted octanol–water partition coefficient (Wildman–Crippen LogP) is 2.03. The third-order valence-electron chi connectivity index (χ3n) is 3.92. The smallest absolute Gasteiger partial charge is 0.278 e. The van der Waals surface area contributed by atoms with Crippen molar-refractivity contribution in [2.24, 2.45) is 0 Å². The fraction of sp³-hybridized carbons (Fsp3) is 0.250. The Bertz CT molecular complexity index is 808. The third-order valence-corrected chi connectivity index (χ3v) is 6.15. The van der Waals surface area contributed by atoms with Crippen molar-refractivity contribution in [3.63, 3.8) is 0 Å². The molecule has 0 aliphatic carbocycles. The van der Waals surface area contributed by atoms with Gasteiger partial charge in [0.15, 0.2) is 0 Å². The molecule has 0 radical (unpaired) electrons. The molecule has 0 spiro atoms. The minimum absolute atomic E-state index is 0.0673. The summed E-state index contributed by atoms with van der Waals surface area (Å²) in [6, 6.07) is 13.2. The van der Waals surface area contributed by atoms with Crippen LogP contribution in [0.15, 0.2) is 53.4 Å². The molecule has 0 saturated carbocycles. The van der Waals surface area contributed by atoms with E-state index in [-0.39, 0.29) is 4.90 Å². The number of nitrogens with two attached hydrogens (primary N) is 1. The highest BCUT2D eigenvalue weighted by Crippen LogP contribution is 2.30. The standard InChI is InChI=1S/C16H19ClN4O2S/c17-21(13-4-2-1-3-5-13)24(22,23)14-6-7-16(15(18)12-14)20-10-8-19-9-11-20/h1-7,12,19H,8-11,18H2. The van der Waals surface area contributed by atoms with Crippen LogP contribution in [0, 0.1) is 0 Å². The molecule has 6 nitrogen and oxygen atoms in total. The van der Waals surface area contributed by atoms with Crippen molar-refractivity contribution in [3.05, 3.63) is 48.5 Å². The zero-order valence-electron chi connectivity index (χ0n) is 13.0. The Kier molecular flexibility index (Phi) is 4.84. The Balaban J connectivity index is 1.90. The van der Waals surface area contributed by atoms with Crippen LogP contribution in [0.3, 0.4) is 0 Å². The van der Waals surface area contributed by atoms with Crippen LogP contribution >= 0.6 is 11.8 Å².